The van der Waals surface area contributed by atoms with Crippen LogP contribution in [0.5, 0.6) is 0 Å². The first kappa shape index (κ1) is 14.3. The van der Waals surface area contributed by atoms with Gasteiger partial charge in [-0.15, -0.1) is 11.3 Å². The van der Waals surface area contributed by atoms with Crippen molar-refractivity contribution in [3.05, 3.63) is 57.5 Å². The molecule has 0 atom stereocenters. The highest BCUT2D eigenvalue weighted by Crippen LogP contribution is 2.23. The fraction of sp³-hybridized carbons (Fsp3) is 0.278. The van der Waals surface area contributed by atoms with E-state index < -0.39 is 0 Å². The summed E-state index contributed by atoms with van der Waals surface area (Å²) in [5.74, 6) is 0.195. The molecule has 5 heteroatoms. The summed E-state index contributed by atoms with van der Waals surface area (Å²) in [5.41, 5.74) is 4.01. The second kappa shape index (κ2) is 5.74. The molecule has 0 bridgehead atoms. The van der Waals surface area contributed by atoms with Crippen LogP contribution >= 0.6 is 11.3 Å². The average molecular weight is 323 g/mol. The largest absolute Gasteiger partial charge is 0.338 e. The Hall–Kier alpha value is -2.27. The van der Waals surface area contributed by atoms with Crippen molar-refractivity contribution in [3.8, 4) is 0 Å². The van der Waals surface area contributed by atoms with Gasteiger partial charge in [0, 0.05) is 41.2 Å². The van der Waals surface area contributed by atoms with E-state index in [2.05, 4.69) is 17.1 Å². The van der Waals surface area contributed by atoms with Crippen LogP contribution < -0.4 is 0 Å². The maximum absolute atomic E-state index is 12.5. The van der Waals surface area contributed by atoms with Gasteiger partial charge >= 0.3 is 0 Å². The summed E-state index contributed by atoms with van der Waals surface area (Å²) >= 11 is 1.64. The molecule has 0 aromatic carbocycles. The summed E-state index contributed by atoms with van der Waals surface area (Å²) < 4.78 is 0. The van der Waals surface area contributed by atoms with Crippen molar-refractivity contribution in [2.75, 3.05) is 6.54 Å². The molecule has 0 saturated carbocycles. The highest BCUT2D eigenvalue weighted by Gasteiger charge is 2.22. The zero-order valence-electron chi connectivity index (χ0n) is 13.0. The summed E-state index contributed by atoms with van der Waals surface area (Å²) in [6.07, 6.45) is 1.30. The summed E-state index contributed by atoms with van der Waals surface area (Å²) in [7, 11) is 0. The number of aromatic nitrogens is 2. The fourth-order valence-electron chi connectivity index (χ4n) is 2.99. The van der Waals surface area contributed by atoms with Crippen LogP contribution in [0, 0.1) is 6.92 Å². The summed E-state index contributed by atoms with van der Waals surface area (Å²) in [6, 6.07) is 10.2. The van der Waals surface area contributed by atoms with Crippen molar-refractivity contribution in [2.45, 2.75) is 26.3 Å². The van der Waals surface area contributed by atoms with Gasteiger partial charge in [0.25, 0.3) is 0 Å². The van der Waals surface area contributed by atoms with E-state index in [1.807, 2.05) is 35.4 Å². The van der Waals surface area contributed by atoms with E-state index in [4.69, 9.17) is 4.98 Å². The lowest BCUT2D eigenvalue weighted by Gasteiger charge is -2.28. The number of pyridine rings is 2. The summed E-state index contributed by atoms with van der Waals surface area (Å²) in [5, 5.41) is 3.06. The van der Waals surface area contributed by atoms with Crippen molar-refractivity contribution in [2.24, 2.45) is 0 Å². The number of thiophene rings is 1. The molecule has 3 aromatic rings. The molecule has 0 spiro atoms. The number of carbonyl (C=O) groups is 1. The number of nitrogens with zero attached hydrogens (tertiary/aromatic N) is 3. The quantitative estimate of drug-likeness (QED) is 0.728. The molecule has 4 nitrogen and oxygen atoms in total. The second-order valence-electron chi connectivity index (χ2n) is 5.91. The molecular weight excluding hydrogens is 306 g/mol. The van der Waals surface area contributed by atoms with Crippen LogP contribution in [0.1, 0.15) is 21.8 Å². The molecule has 1 amide bonds. The van der Waals surface area contributed by atoms with Gasteiger partial charge in [-0.3, -0.25) is 4.79 Å². The lowest BCUT2D eigenvalue weighted by molar-refractivity contribution is -0.131. The number of hydrogen-bond acceptors (Lipinski definition) is 4. The summed E-state index contributed by atoms with van der Waals surface area (Å²) in [6.45, 7) is 3.36. The van der Waals surface area contributed by atoms with Gasteiger partial charge in [-0.1, -0.05) is 6.07 Å². The Morgan fingerprint density at radius 3 is 3.04 bits per heavy atom. The van der Waals surface area contributed by atoms with Crippen LogP contribution in [0.25, 0.3) is 11.0 Å². The van der Waals surface area contributed by atoms with Gasteiger partial charge in [-0.25, -0.2) is 9.97 Å². The second-order valence-corrected chi connectivity index (χ2v) is 6.95. The minimum absolute atomic E-state index is 0.195. The number of amides is 1. The Bertz CT molecular complexity index is 873. The zero-order chi connectivity index (χ0) is 15.8. The van der Waals surface area contributed by atoms with Gasteiger partial charge in [0.15, 0.2) is 5.65 Å². The normalized spacial score (nSPS) is 14.0. The number of rotatable bonds is 2. The maximum Gasteiger partial charge on any atom is 0.228 e. The van der Waals surface area contributed by atoms with E-state index in [0.29, 0.717) is 13.0 Å². The Kier molecular flexibility index (Phi) is 3.58. The molecule has 23 heavy (non-hydrogen) atoms. The van der Waals surface area contributed by atoms with E-state index in [0.717, 1.165) is 45.8 Å². The highest BCUT2D eigenvalue weighted by atomic mass is 32.1. The molecule has 0 fully saturated rings. The first-order valence-corrected chi connectivity index (χ1v) is 8.63. The maximum atomic E-state index is 12.5. The molecule has 0 N–H and O–H groups in total. The van der Waals surface area contributed by atoms with Crippen molar-refractivity contribution in [3.63, 3.8) is 0 Å². The number of aryl methyl sites for hydroxylation is 1. The van der Waals surface area contributed by atoms with E-state index in [-0.39, 0.29) is 5.91 Å². The molecule has 116 valence electrons. The minimum Gasteiger partial charge on any atom is -0.338 e. The predicted octanol–water partition coefficient (Wildman–Crippen LogP) is 3.13. The molecule has 1 aliphatic heterocycles. The molecular formula is C18H17N3OS. The number of carbonyl (C=O) groups excluding carboxylic acids is 1. The lowest BCUT2D eigenvalue weighted by atomic mass is 10.0. The number of fused-ring (bicyclic) bond motifs is 2. The van der Waals surface area contributed by atoms with E-state index in [1.54, 1.807) is 11.3 Å². The van der Waals surface area contributed by atoms with Gasteiger partial charge in [0.1, 0.15) is 0 Å². The molecule has 3 aromatic heterocycles. The van der Waals surface area contributed by atoms with Gasteiger partial charge < -0.3 is 4.90 Å². The van der Waals surface area contributed by atoms with Crippen molar-refractivity contribution >= 4 is 28.3 Å². The van der Waals surface area contributed by atoms with Crippen LogP contribution in [0.3, 0.4) is 0 Å². The van der Waals surface area contributed by atoms with Gasteiger partial charge in [0.05, 0.1) is 6.42 Å². The highest BCUT2D eigenvalue weighted by molar-refractivity contribution is 7.10. The topological polar surface area (TPSA) is 46.1 Å². The smallest absolute Gasteiger partial charge is 0.228 e. The standard InChI is InChI=1S/C18H17N3OS/c1-12-4-5-13-9-14-11-21(7-6-16(14)20-18(13)19-12)17(22)10-15-3-2-8-23-15/h2-5,8-9H,6-7,10-11H2,1H3. The Morgan fingerprint density at radius 1 is 1.30 bits per heavy atom. The van der Waals surface area contributed by atoms with Crippen LogP contribution in [0.2, 0.25) is 0 Å². The monoisotopic (exact) mass is 323 g/mol. The van der Waals surface area contributed by atoms with Crippen molar-refractivity contribution in [1.82, 2.24) is 14.9 Å². The minimum atomic E-state index is 0.195. The molecule has 1 aliphatic rings. The molecule has 0 radical (unpaired) electrons. The third kappa shape index (κ3) is 2.84. The van der Waals surface area contributed by atoms with Crippen LogP contribution in [-0.2, 0) is 24.2 Å². The first-order valence-electron chi connectivity index (χ1n) is 7.75. The number of hydrogen-bond donors (Lipinski definition) is 0. The summed E-state index contributed by atoms with van der Waals surface area (Å²) in [4.78, 5) is 24.7. The molecule has 4 heterocycles. The fourth-order valence-corrected chi connectivity index (χ4v) is 3.69. The van der Waals surface area contributed by atoms with Crippen molar-refractivity contribution in [1.29, 1.82) is 0 Å². The Balaban J connectivity index is 1.58. The molecule has 0 unspecified atom stereocenters. The molecule has 4 rings (SSSR count). The first-order chi connectivity index (χ1) is 11.2. The predicted molar refractivity (Wildman–Crippen MR) is 91.4 cm³/mol. The Labute approximate surface area is 138 Å². The average Bonchev–Trinajstić information content (AvgIpc) is 3.05. The van der Waals surface area contributed by atoms with Crippen molar-refractivity contribution < 1.29 is 4.79 Å². The SMILES string of the molecule is Cc1ccc2cc3c(nc2n1)CCN(C(=O)Cc1cccs1)C3. The van der Waals surface area contributed by atoms with E-state index in [9.17, 15) is 4.79 Å². The molecule has 0 saturated heterocycles. The van der Waals surface area contributed by atoms with Gasteiger partial charge in [0.2, 0.25) is 5.91 Å². The van der Waals surface area contributed by atoms with E-state index in [1.165, 1.54) is 0 Å². The van der Waals surface area contributed by atoms with Crippen LogP contribution in [0.15, 0.2) is 35.7 Å². The van der Waals surface area contributed by atoms with E-state index >= 15 is 0 Å². The van der Waals surface area contributed by atoms with Gasteiger partial charge in [-0.2, -0.15) is 0 Å². The Morgan fingerprint density at radius 2 is 2.22 bits per heavy atom. The lowest BCUT2D eigenvalue weighted by Crippen LogP contribution is -2.37. The third-order valence-corrected chi connectivity index (χ3v) is 5.10. The molecule has 0 aliphatic carbocycles. The van der Waals surface area contributed by atoms with Gasteiger partial charge in [-0.05, 0) is 42.1 Å². The zero-order valence-corrected chi connectivity index (χ0v) is 13.8. The van der Waals surface area contributed by atoms with Crippen LogP contribution in [-0.4, -0.2) is 27.3 Å². The third-order valence-electron chi connectivity index (χ3n) is 4.22. The van der Waals surface area contributed by atoms with Crippen LogP contribution in [0.4, 0.5) is 0 Å².